The number of rotatable bonds is 3. The van der Waals surface area contributed by atoms with Crippen LogP contribution in [0.4, 0.5) is 17.3 Å². The highest BCUT2D eigenvalue weighted by Crippen LogP contribution is 2.23. The van der Waals surface area contributed by atoms with Crippen LogP contribution >= 0.6 is 0 Å². The van der Waals surface area contributed by atoms with Crippen LogP contribution in [0.2, 0.25) is 0 Å². The van der Waals surface area contributed by atoms with Gasteiger partial charge in [-0.05, 0) is 19.9 Å². The van der Waals surface area contributed by atoms with Crippen molar-refractivity contribution >= 4 is 17.3 Å². The Hall–Kier alpha value is -1.89. The van der Waals surface area contributed by atoms with Crippen molar-refractivity contribution < 1.29 is 4.92 Å². The van der Waals surface area contributed by atoms with E-state index in [9.17, 15) is 10.1 Å². The lowest BCUT2D eigenvalue weighted by atomic mass is 10.2. The minimum Gasteiger partial charge on any atom is -0.378 e. The number of nitrogen functional groups attached to an aromatic ring is 1. The summed E-state index contributed by atoms with van der Waals surface area (Å²) in [4.78, 5) is 18.8. The molecule has 1 aromatic rings. The van der Waals surface area contributed by atoms with E-state index in [4.69, 9.17) is 5.73 Å². The molecule has 104 valence electrons. The highest BCUT2D eigenvalue weighted by atomic mass is 16.6. The molecule has 0 amide bonds. The van der Waals surface area contributed by atoms with Gasteiger partial charge < -0.3 is 10.6 Å². The maximum atomic E-state index is 10.7. The second-order valence-corrected chi connectivity index (χ2v) is 4.95. The van der Waals surface area contributed by atoms with Crippen molar-refractivity contribution in [1.29, 1.82) is 0 Å². The van der Waals surface area contributed by atoms with Gasteiger partial charge in [-0.2, -0.15) is 0 Å². The van der Waals surface area contributed by atoms with E-state index >= 15 is 0 Å². The normalized spacial score (nSPS) is 16.9. The number of hydrogen-bond donors (Lipinski definition) is 1. The first-order chi connectivity index (χ1) is 8.99. The van der Waals surface area contributed by atoms with E-state index in [0.29, 0.717) is 11.9 Å². The highest BCUT2D eigenvalue weighted by Gasteiger charge is 2.21. The van der Waals surface area contributed by atoms with Crippen molar-refractivity contribution in [3.8, 4) is 0 Å². The monoisotopic (exact) mass is 265 g/mol. The number of nitro groups is 1. The van der Waals surface area contributed by atoms with Gasteiger partial charge in [-0.3, -0.25) is 15.0 Å². The Morgan fingerprint density at radius 3 is 2.42 bits per heavy atom. The third-order valence-corrected chi connectivity index (χ3v) is 3.45. The number of hydrogen-bond acceptors (Lipinski definition) is 6. The van der Waals surface area contributed by atoms with Crippen LogP contribution in [0.1, 0.15) is 13.8 Å². The molecule has 1 saturated heterocycles. The summed E-state index contributed by atoms with van der Waals surface area (Å²) >= 11 is 0. The maximum Gasteiger partial charge on any atom is 0.311 e. The molecule has 2 N–H and O–H groups in total. The van der Waals surface area contributed by atoms with Crippen molar-refractivity contribution in [3.63, 3.8) is 0 Å². The van der Waals surface area contributed by atoms with Crippen molar-refractivity contribution in [3.05, 3.63) is 22.2 Å². The molecule has 0 aliphatic carbocycles. The molecule has 2 rings (SSSR count). The van der Waals surface area contributed by atoms with E-state index in [-0.39, 0.29) is 11.5 Å². The average molecular weight is 265 g/mol. The van der Waals surface area contributed by atoms with Crippen LogP contribution in [-0.2, 0) is 0 Å². The Kier molecular flexibility index (Phi) is 3.84. The molecule has 0 atom stereocenters. The Morgan fingerprint density at radius 2 is 1.95 bits per heavy atom. The fourth-order valence-corrected chi connectivity index (χ4v) is 2.25. The lowest BCUT2D eigenvalue weighted by molar-refractivity contribution is -0.384. The third kappa shape index (κ3) is 2.93. The molecule has 2 heterocycles. The van der Waals surface area contributed by atoms with E-state index in [1.165, 1.54) is 6.07 Å². The molecule has 0 saturated carbocycles. The number of piperazine rings is 1. The molecule has 19 heavy (non-hydrogen) atoms. The van der Waals surface area contributed by atoms with E-state index in [1.807, 2.05) is 0 Å². The Balaban J connectivity index is 2.08. The zero-order chi connectivity index (χ0) is 14.0. The molecule has 0 aromatic carbocycles. The molecule has 0 spiro atoms. The van der Waals surface area contributed by atoms with Gasteiger partial charge >= 0.3 is 5.69 Å². The lowest BCUT2D eigenvalue weighted by Crippen LogP contribution is -2.49. The zero-order valence-corrected chi connectivity index (χ0v) is 11.2. The van der Waals surface area contributed by atoms with Crippen LogP contribution in [0.5, 0.6) is 0 Å². The van der Waals surface area contributed by atoms with Gasteiger partial charge in [0, 0.05) is 38.3 Å². The second-order valence-electron chi connectivity index (χ2n) is 4.95. The highest BCUT2D eigenvalue weighted by molar-refractivity contribution is 5.58. The second kappa shape index (κ2) is 5.40. The zero-order valence-electron chi connectivity index (χ0n) is 11.2. The first-order valence-corrected chi connectivity index (χ1v) is 6.39. The van der Waals surface area contributed by atoms with Gasteiger partial charge in [-0.25, -0.2) is 4.98 Å². The van der Waals surface area contributed by atoms with Crippen molar-refractivity contribution in [2.24, 2.45) is 0 Å². The van der Waals surface area contributed by atoms with Gasteiger partial charge in [-0.1, -0.05) is 0 Å². The van der Waals surface area contributed by atoms with Crippen LogP contribution in [0.15, 0.2) is 12.1 Å². The molecule has 1 aliphatic heterocycles. The average Bonchev–Trinajstić information content (AvgIpc) is 2.38. The number of nitrogens with two attached hydrogens (primary N) is 1. The summed E-state index contributed by atoms with van der Waals surface area (Å²) in [5.41, 5.74) is 5.48. The topological polar surface area (TPSA) is 88.5 Å². The van der Waals surface area contributed by atoms with Crippen LogP contribution in [0.25, 0.3) is 0 Å². The van der Waals surface area contributed by atoms with Gasteiger partial charge in [0.25, 0.3) is 0 Å². The molecule has 1 aliphatic rings. The van der Waals surface area contributed by atoms with E-state index < -0.39 is 4.92 Å². The summed E-state index contributed by atoms with van der Waals surface area (Å²) in [6, 6.07) is 3.63. The van der Waals surface area contributed by atoms with Crippen LogP contribution in [0, 0.1) is 10.1 Å². The minimum atomic E-state index is -0.511. The molecule has 0 unspecified atom stereocenters. The standard InChI is InChI=1S/C12H19N5O2/c1-9(2)15-5-7-16(8-6-15)11-4-3-10(17(18)19)12(13)14-11/h3-4,9H,5-8H2,1-2H3,(H2,13,14). The van der Waals surface area contributed by atoms with Gasteiger partial charge in [0.1, 0.15) is 5.82 Å². The van der Waals surface area contributed by atoms with E-state index in [0.717, 1.165) is 26.2 Å². The first-order valence-electron chi connectivity index (χ1n) is 6.39. The summed E-state index contributed by atoms with van der Waals surface area (Å²) in [5, 5.41) is 10.7. The molecule has 0 bridgehead atoms. The number of aromatic nitrogens is 1. The predicted molar refractivity (Wildman–Crippen MR) is 74.2 cm³/mol. The lowest BCUT2D eigenvalue weighted by Gasteiger charge is -2.37. The van der Waals surface area contributed by atoms with Crippen LogP contribution in [-0.4, -0.2) is 47.0 Å². The Morgan fingerprint density at radius 1 is 1.32 bits per heavy atom. The number of nitrogens with zero attached hydrogens (tertiary/aromatic N) is 4. The van der Waals surface area contributed by atoms with Crippen LogP contribution in [0.3, 0.4) is 0 Å². The summed E-state index contributed by atoms with van der Waals surface area (Å²) in [6.45, 7) is 8.02. The van der Waals surface area contributed by atoms with Crippen molar-refractivity contribution in [2.45, 2.75) is 19.9 Å². The fourth-order valence-electron chi connectivity index (χ4n) is 2.25. The summed E-state index contributed by atoms with van der Waals surface area (Å²) in [5.74, 6) is 0.695. The number of anilines is 2. The van der Waals surface area contributed by atoms with E-state index in [1.54, 1.807) is 6.07 Å². The van der Waals surface area contributed by atoms with Gasteiger partial charge in [-0.15, -0.1) is 0 Å². The molecular weight excluding hydrogens is 246 g/mol. The van der Waals surface area contributed by atoms with Gasteiger partial charge in [0.15, 0.2) is 0 Å². The Labute approximate surface area is 112 Å². The fraction of sp³-hybridized carbons (Fsp3) is 0.583. The smallest absolute Gasteiger partial charge is 0.311 e. The van der Waals surface area contributed by atoms with Crippen molar-refractivity contribution in [1.82, 2.24) is 9.88 Å². The predicted octanol–water partition coefficient (Wildman–Crippen LogP) is 1.10. The SMILES string of the molecule is CC(C)N1CCN(c2ccc([N+](=O)[O-])c(N)n2)CC1. The molecule has 1 aromatic heterocycles. The summed E-state index contributed by atoms with van der Waals surface area (Å²) in [7, 11) is 0. The van der Waals surface area contributed by atoms with Crippen LogP contribution < -0.4 is 10.6 Å². The summed E-state index contributed by atoms with van der Waals surface area (Å²) in [6.07, 6.45) is 0. The molecular formula is C12H19N5O2. The molecule has 1 fully saturated rings. The van der Waals surface area contributed by atoms with E-state index in [2.05, 4.69) is 28.6 Å². The third-order valence-electron chi connectivity index (χ3n) is 3.45. The maximum absolute atomic E-state index is 10.7. The van der Waals surface area contributed by atoms with Gasteiger partial charge in [0.05, 0.1) is 4.92 Å². The first kappa shape index (κ1) is 13.5. The quantitative estimate of drug-likeness (QED) is 0.650. The minimum absolute atomic E-state index is 0.0196. The Bertz CT molecular complexity index is 469. The summed E-state index contributed by atoms with van der Waals surface area (Å²) < 4.78 is 0. The van der Waals surface area contributed by atoms with Crippen molar-refractivity contribution in [2.75, 3.05) is 36.8 Å². The largest absolute Gasteiger partial charge is 0.378 e. The molecule has 7 nitrogen and oxygen atoms in total. The van der Waals surface area contributed by atoms with Gasteiger partial charge in [0.2, 0.25) is 5.82 Å². The molecule has 0 radical (unpaired) electrons. The number of pyridine rings is 1. The molecule has 7 heteroatoms.